The van der Waals surface area contributed by atoms with Gasteiger partial charge in [0.1, 0.15) is 5.82 Å². The molecular formula is C19H27N5O. The summed E-state index contributed by atoms with van der Waals surface area (Å²) in [5, 5.41) is 11.5. The minimum atomic E-state index is 0.345. The molecule has 3 heterocycles. The lowest BCUT2D eigenvalue weighted by atomic mass is 10.0. The monoisotopic (exact) mass is 341 g/mol. The lowest BCUT2D eigenvalue weighted by Crippen LogP contribution is -2.36. The van der Waals surface area contributed by atoms with Crippen molar-refractivity contribution in [3.05, 3.63) is 42.1 Å². The molecule has 0 saturated carbocycles. The van der Waals surface area contributed by atoms with Crippen LogP contribution in [0.3, 0.4) is 0 Å². The number of nitrogens with one attached hydrogen (secondary N) is 2. The summed E-state index contributed by atoms with van der Waals surface area (Å²) in [5.74, 6) is 1.69. The van der Waals surface area contributed by atoms with E-state index in [1.54, 1.807) is 0 Å². The highest BCUT2D eigenvalue weighted by atomic mass is 16.5. The minimum absolute atomic E-state index is 0.345. The molecule has 2 aromatic rings. The van der Waals surface area contributed by atoms with E-state index in [0.717, 1.165) is 51.8 Å². The maximum Gasteiger partial charge on any atom is 0.124 e. The SMILES string of the molecule is CC(NCC1CNc2ccnn2C1)c1ccc(N2CCOCC2)cc1. The van der Waals surface area contributed by atoms with Crippen LogP contribution >= 0.6 is 0 Å². The molecule has 2 unspecified atom stereocenters. The van der Waals surface area contributed by atoms with Crippen LogP contribution in [-0.4, -0.2) is 49.2 Å². The Hall–Kier alpha value is -2.05. The fraction of sp³-hybridized carbons (Fsp3) is 0.526. The maximum atomic E-state index is 5.43. The molecule has 1 fully saturated rings. The zero-order chi connectivity index (χ0) is 17.1. The number of fused-ring (bicyclic) bond motifs is 1. The first-order chi connectivity index (χ1) is 12.3. The lowest BCUT2D eigenvalue weighted by Gasteiger charge is -2.29. The smallest absolute Gasteiger partial charge is 0.124 e. The molecule has 6 nitrogen and oxygen atoms in total. The van der Waals surface area contributed by atoms with Gasteiger partial charge in [-0.25, -0.2) is 4.68 Å². The van der Waals surface area contributed by atoms with Crippen molar-refractivity contribution in [3.8, 4) is 0 Å². The molecule has 0 spiro atoms. The second-order valence-corrected chi connectivity index (χ2v) is 6.97. The fourth-order valence-electron chi connectivity index (χ4n) is 3.58. The lowest BCUT2D eigenvalue weighted by molar-refractivity contribution is 0.122. The van der Waals surface area contributed by atoms with Crippen molar-refractivity contribution < 1.29 is 4.74 Å². The van der Waals surface area contributed by atoms with E-state index in [1.165, 1.54) is 11.3 Å². The number of benzene rings is 1. The Morgan fingerprint density at radius 1 is 1.24 bits per heavy atom. The number of ether oxygens (including phenoxy) is 1. The third-order valence-corrected chi connectivity index (χ3v) is 5.20. The molecule has 1 aromatic carbocycles. The normalized spacial score (nSPS) is 21.5. The predicted molar refractivity (Wildman–Crippen MR) is 100 cm³/mol. The predicted octanol–water partition coefficient (Wildman–Crippen LogP) is 2.11. The van der Waals surface area contributed by atoms with E-state index in [9.17, 15) is 0 Å². The minimum Gasteiger partial charge on any atom is -0.378 e. The van der Waals surface area contributed by atoms with E-state index in [2.05, 4.69) is 56.5 Å². The molecule has 2 N–H and O–H groups in total. The van der Waals surface area contributed by atoms with Crippen LogP contribution in [0, 0.1) is 5.92 Å². The first kappa shape index (κ1) is 16.4. The topological polar surface area (TPSA) is 54.4 Å². The van der Waals surface area contributed by atoms with E-state index in [-0.39, 0.29) is 0 Å². The molecule has 2 atom stereocenters. The van der Waals surface area contributed by atoms with Crippen molar-refractivity contribution in [1.82, 2.24) is 15.1 Å². The largest absolute Gasteiger partial charge is 0.378 e. The van der Waals surface area contributed by atoms with Gasteiger partial charge in [0, 0.05) is 56.4 Å². The Balaban J connectivity index is 1.30. The molecule has 4 rings (SSSR count). The van der Waals surface area contributed by atoms with Crippen molar-refractivity contribution in [2.75, 3.05) is 49.6 Å². The standard InChI is InChI=1S/C19H27N5O/c1-15(20-12-16-13-21-19-6-7-22-24(19)14-16)17-2-4-18(5-3-17)23-8-10-25-11-9-23/h2-7,15-16,20-21H,8-14H2,1H3. The van der Waals surface area contributed by atoms with Crippen LogP contribution in [-0.2, 0) is 11.3 Å². The van der Waals surface area contributed by atoms with E-state index in [0.29, 0.717) is 12.0 Å². The van der Waals surface area contributed by atoms with Gasteiger partial charge in [-0.2, -0.15) is 5.10 Å². The van der Waals surface area contributed by atoms with Crippen molar-refractivity contribution in [1.29, 1.82) is 0 Å². The quantitative estimate of drug-likeness (QED) is 0.872. The van der Waals surface area contributed by atoms with E-state index >= 15 is 0 Å². The number of anilines is 2. The molecule has 134 valence electrons. The van der Waals surface area contributed by atoms with E-state index < -0.39 is 0 Å². The number of hydrogen-bond acceptors (Lipinski definition) is 5. The Morgan fingerprint density at radius 3 is 2.84 bits per heavy atom. The highest BCUT2D eigenvalue weighted by molar-refractivity contribution is 5.48. The van der Waals surface area contributed by atoms with Crippen LogP contribution in [0.4, 0.5) is 11.5 Å². The van der Waals surface area contributed by atoms with Gasteiger partial charge in [0.2, 0.25) is 0 Å². The van der Waals surface area contributed by atoms with Gasteiger partial charge >= 0.3 is 0 Å². The first-order valence-corrected chi connectivity index (χ1v) is 9.21. The van der Waals surface area contributed by atoms with Crippen molar-refractivity contribution in [2.45, 2.75) is 19.5 Å². The second-order valence-electron chi connectivity index (χ2n) is 6.97. The average Bonchev–Trinajstić information content (AvgIpc) is 3.15. The van der Waals surface area contributed by atoms with Gasteiger partial charge in [-0.3, -0.25) is 0 Å². The second kappa shape index (κ2) is 7.45. The summed E-state index contributed by atoms with van der Waals surface area (Å²) in [6, 6.07) is 11.3. The van der Waals surface area contributed by atoms with Crippen molar-refractivity contribution in [3.63, 3.8) is 0 Å². The number of aromatic nitrogens is 2. The molecule has 1 saturated heterocycles. The maximum absolute atomic E-state index is 5.43. The van der Waals surface area contributed by atoms with Crippen LogP contribution in [0.15, 0.2) is 36.5 Å². The Labute approximate surface area is 149 Å². The molecule has 6 heteroatoms. The van der Waals surface area contributed by atoms with Gasteiger partial charge in [0.05, 0.1) is 19.4 Å². The van der Waals surface area contributed by atoms with Gasteiger partial charge in [0.25, 0.3) is 0 Å². The fourth-order valence-corrected chi connectivity index (χ4v) is 3.58. The van der Waals surface area contributed by atoms with Crippen molar-refractivity contribution in [2.24, 2.45) is 5.92 Å². The third kappa shape index (κ3) is 3.80. The molecule has 25 heavy (non-hydrogen) atoms. The summed E-state index contributed by atoms with van der Waals surface area (Å²) >= 11 is 0. The molecule has 2 aliphatic rings. The summed E-state index contributed by atoms with van der Waals surface area (Å²) in [4.78, 5) is 2.39. The zero-order valence-corrected chi connectivity index (χ0v) is 14.8. The van der Waals surface area contributed by atoms with Crippen LogP contribution in [0.5, 0.6) is 0 Å². The highest BCUT2D eigenvalue weighted by Gasteiger charge is 2.19. The Morgan fingerprint density at radius 2 is 2.04 bits per heavy atom. The molecule has 1 aromatic heterocycles. The van der Waals surface area contributed by atoms with E-state index in [1.807, 2.05) is 12.3 Å². The summed E-state index contributed by atoms with van der Waals surface area (Å²) in [6.07, 6.45) is 1.86. The van der Waals surface area contributed by atoms with Gasteiger partial charge in [-0.1, -0.05) is 12.1 Å². The summed E-state index contributed by atoms with van der Waals surface area (Å²) < 4.78 is 7.48. The third-order valence-electron chi connectivity index (χ3n) is 5.20. The number of morpholine rings is 1. The molecule has 2 aliphatic heterocycles. The molecule has 0 bridgehead atoms. The van der Waals surface area contributed by atoms with Gasteiger partial charge in [0.15, 0.2) is 0 Å². The van der Waals surface area contributed by atoms with Gasteiger partial charge in [-0.05, 0) is 24.6 Å². The first-order valence-electron chi connectivity index (χ1n) is 9.21. The number of nitrogens with zero attached hydrogens (tertiary/aromatic N) is 3. The van der Waals surface area contributed by atoms with E-state index in [4.69, 9.17) is 4.74 Å². The Bertz CT molecular complexity index is 677. The summed E-state index contributed by atoms with van der Waals surface area (Å²) in [6.45, 7) is 8.82. The molecular weight excluding hydrogens is 314 g/mol. The average molecular weight is 341 g/mol. The number of hydrogen-bond donors (Lipinski definition) is 2. The highest BCUT2D eigenvalue weighted by Crippen LogP contribution is 2.21. The molecule has 0 aliphatic carbocycles. The van der Waals surface area contributed by atoms with Crippen LogP contribution in [0.1, 0.15) is 18.5 Å². The van der Waals surface area contributed by atoms with Crippen LogP contribution in [0.25, 0.3) is 0 Å². The summed E-state index contributed by atoms with van der Waals surface area (Å²) in [5.41, 5.74) is 2.63. The molecule has 0 amide bonds. The zero-order valence-electron chi connectivity index (χ0n) is 14.8. The van der Waals surface area contributed by atoms with Gasteiger partial charge in [-0.15, -0.1) is 0 Å². The van der Waals surface area contributed by atoms with Crippen molar-refractivity contribution >= 4 is 11.5 Å². The van der Waals surface area contributed by atoms with Crippen LogP contribution < -0.4 is 15.5 Å². The Kier molecular flexibility index (Phi) is 4.90. The van der Waals surface area contributed by atoms with Gasteiger partial charge < -0.3 is 20.3 Å². The molecule has 0 radical (unpaired) electrons. The number of rotatable bonds is 5. The van der Waals surface area contributed by atoms with Crippen LogP contribution in [0.2, 0.25) is 0 Å². The summed E-state index contributed by atoms with van der Waals surface area (Å²) in [7, 11) is 0.